The average molecular weight is 592 g/mol. The molecule has 3 aliphatic heterocycles. The van der Waals surface area contributed by atoms with Crippen LogP contribution in [0.3, 0.4) is 0 Å². The Labute approximate surface area is 242 Å². The predicted octanol–water partition coefficient (Wildman–Crippen LogP) is 3.23. The Morgan fingerprint density at radius 1 is 0.929 bits per heavy atom. The van der Waals surface area contributed by atoms with Crippen LogP contribution in [0.4, 0.5) is 13.2 Å². The van der Waals surface area contributed by atoms with Crippen molar-refractivity contribution in [3.63, 3.8) is 0 Å². The van der Waals surface area contributed by atoms with Crippen molar-refractivity contribution in [2.75, 3.05) is 39.4 Å². The second-order valence-electron chi connectivity index (χ2n) is 10.9. The number of alkyl halides is 3. The minimum absolute atomic E-state index is 0.0331. The topological polar surface area (TPSA) is 101 Å². The third-order valence-electron chi connectivity index (χ3n) is 7.96. The summed E-state index contributed by atoms with van der Waals surface area (Å²) >= 11 is 0. The van der Waals surface area contributed by atoms with E-state index in [1.165, 1.54) is 0 Å². The lowest BCUT2D eigenvalue weighted by Crippen LogP contribution is -2.50. The zero-order valence-electron chi connectivity index (χ0n) is 23.2. The third-order valence-corrected chi connectivity index (χ3v) is 7.96. The van der Waals surface area contributed by atoms with Gasteiger partial charge in [-0.15, -0.1) is 0 Å². The summed E-state index contributed by atoms with van der Waals surface area (Å²) in [7, 11) is 0. The minimum atomic E-state index is -5.01. The largest absolute Gasteiger partial charge is 0.471 e. The maximum absolute atomic E-state index is 12.9. The van der Waals surface area contributed by atoms with Crippen molar-refractivity contribution in [1.29, 1.82) is 0 Å². The highest BCUT2D eigenvalue weighted by Gasteiger charge is 2.47. The van der Waals surface area contributed by atoms with Gasteiger partial charge in [-0.1, -0.05) is 48.5 Å². The summed E-state index contributed by atoms with van der Waals surface area (Å²) in [5.41, 5.74) is 3.36. The molecule has 5 rings (SSSR count). The van der Waals surface area contributed by atoms with Gasteiger partial charge in [0, 0.05) is 44.7 Å². The summed E-state index contributed by atoms with van der Waals surface area (Å²) in [4.78, 5) is 27.3. The molecule has 0 saturated carbocycles. The molecule has 42 heavy (non-hydrogen) atoms. The van der Waals surface area contributed by atoms with Crippen LogP contribution in [0.2, 0.25) is 0 Å². The van der Waals surface area contributed by atoms with Gasteiger partial charge < -0.3 is 29.5 Å². The van der Waals surface area contributed by atoms with E-state index in [2.05, 4.69) is 10.2 Å². The molecule has 3 fully saturated rings. The molecular formula is C30H36F3N3O6. The molecular weight excluding hydrogens is 555 g/mol. The molecule has 228 valence electrons. The van der Waals surface area contributed by atoms with Crippen molar-refractivity contribution >= 4 is 11.8 Å². The number of likely N-dealkylation sites (tertiary alicyclic amines) is 1. The minimum Gasteiger partial charge on any atom is -0.392 e. The molecule has 0 bridgehead atoms. The maximum Gasteiger partial charge on any atom is 0.471 e. The second kappa shape index (κ2) is 13.5. The van der Waals surface area contributed by atoms with E-state index in [1.54, 1.807) is 0 Å². The lowest BCUT2D eigenvalue weighted by atomic mass is 9.99. The first-order valence-corrected chi connectivity index (χ1v) is 14.3. The van der Waals surface area contributed by atoms with Gasteiger partial charge in [-0.2, -0.15) is 13.2 Å². The number of carbonyl (C=O) groups is 2. The number of rotatable bonds is 8. The zero-order valence-corrected chi connectivity index (χ0v) is 23.2. The van der Waals surface area contributed by atoms with Crippen LogP contribution in [-0.4, -0.2) is 84.4 Å². The van der Waals surface area contributed by atoms with E-state index in [4.69, 9.17) is 14.2 Å². The highest BCUT2D eigenvalue weighted by atomic mass is 19.4. The number of nitrogens with zero attached hydrogens (tertiary/aromatic N) is 2. The Morgan fingerprint density at radius 2 is 1.60 bits per heavy atom. The summed E-state index contributed by atoms with van der Waals surface area (Å²) in [6, 6.07) is 13.9. The van der Waals surface area contributed by atoms with Gasteiger partial charge in [0.1, 0.15) is 6.04 Å². The fourth-order valence-electron chi connectivity index (χ4n) is 5.65. The van der Waals surface area contributed by atoms with Crippen molar-refractivity contribution < 1.29 is 42.1 Å². The first-order valence-electron chi connectivity index (χ1n) is 14.3. The van der Waals surface area contributed by atoms with Gasteiger partial charge in [-0.25, -0.2) is 0 Å². The van der Waals surface area contributed by atoms with Crippen LogP contribution in [0, 0.1) is 0 Å². The Kier molecular flexibility index (Phi) is 9.79. The molecule has 4 unspecified atom stereocenters. The summed E-state index contributed by atoms with van der Waals surface area (Å²) in [5, 5.41) is 12.1. The summed E-state index contributed by atoms with van der Waals surface area (Å²) < 4.78 is 57.0. The Morgan fingerprint density at radius 3 is 2.26 bits per heavy atom. The number of aliphatic hydroxyl groups is 1. The van der Waals surface area contributed by atoms with Crippen LogP contribution in [0.15, 0.2) is 48.5 Å². The number of hydrogen-bond donors (Lipinski definition) is 2. The first-order chi connectivity index (χ1) is 20.2. The smallest absolute Gasteiger partial charge is 0.392 e. The van der Waals surface area contributed by atoms with Crippen LogP contribution in [-0.2, 0) is 37.0 Å². The van der Waals surface area contributed by atoms with Crippen molar-refractivity contribution in [2.45, 2.75) is 63.1 Å². The molecule has 2 amide bonds. The number of amides is 2. The molecule has 3 heterocycles. The molecule has 4 atom stereocenters. The average Bonchev–Trinajstić information content (AvgIpc) is 3.50. The van der Waals surface area contributed by atoms with E-state index < -0.39 is 30.3 Å². The van der Waals surface area contributed by atoms with Crippen LogP contribution >= 0.6 is 0 Å². The Bertz CT molecular complexity index is 1200. The summed E-state index contributed by atoms with van der Waals surface area (Å²) in [6.45, 7) is 3.78. The zero-order chi connectivity index (χ0) is 29.7. The molecule has 2 N–H and O–H groups in total. The van der Waals surface area contributed by atoms with Gasteiger partial charge in [-0.05, 0) is 29.5 Å². The van der Waals surface area contributed by atoms with E-state index >= 15 is 0 Å². The molecule has 2 aromatic rings. The van der Waals surface area contributed by atoms with Crippen LogP contribution in [0.1, 0.15) is 53.9 Å². The van der Waals surface area contributed by atoms with E-state index in [-0.39, 0.29) is 38.3 Å². The molecule has 0 spiro atoms. The number of carbonyl (C=O) groups excluding carboxylic acids is 2. The van der Waals surface area contributed by atoms with Gasteiger partial charge in [0.25, 0.3) is 0 Å². The van der Waals surface area contributed by atoms with Crippen molar-refractivity contribution in [3.05, 3.63) is 70.8 Å². The number of aliphatic hydroxyl groups excluding tert-OH is 1. The molecule has 0 aromatic heterocycles. The van der Waals surface area contributed by atoms with Crippen molar-refractivity contribution in [2.24, 2.45) is 0 Å². The van der Waals surface area contributed by atoms with Gasteiger partial charge in [0.15, 0.2) is 6.29 Å². The Balaban J connectivity index is 1.23. The van der Waals surface area contributed by atoms with Gasteiger partial charge in [0.2, 0.25) is 5.91 Å². The van der Waals surface area contributed by atoms with Gasteiger partial charge in [0.05, 0.1) is 32.0 Å². The van der Waals surface area contributed by atoms with Crippen LogP contribution < -0.4 is 5.32 Å². The molecule has 2 aromatic carbocycles. The normalized spacial score (nSPS) is 25.4. The summed E-state index contributed by atoms with van der Waals surface area (Å²) in [6.07, 6.45) is -4.73. The molecule has 12 heteroatoms. The highest BCUT2D eigenvalue weighted by Crippen LogP contribution is 2.38. The van der Waals surface area contributed by atoms with Crippen molar-refractivity contribution in [1.82, 2.24) is 15.1 Å². The molecule has 3 aliphatic rings. The predicted molar refractivity (Wildman–Crippen MR) is 145 cm³/mol. The quantitative estimate of drug-likeness (QED) is 0.486. The molecule has 0 aliphatic carbocycles. The first kappa shape index (κ1) is 30.4. The molecule has 0 radical (unpaired) electrons. The number of hydrogen-bond acceptors (Lipinski definition) is 7. The SMILES string of the molecule is O=C(NCc1ccc(C2OC(CN3CCOCC3)CC(c3ccc(CO)cc3)O2)cc1)C1CCCN1C(=O)C(F)(F)F. The van der Waals surface area contributed by atoms with E-state index in [0.717, 1.165) is 41.9 Å². The number of halogens is 3. The monoisotopic (exact) mass is 591 g/mol. The number of nitrogens with one attached hydrogen (secondary N) is 1. The number of ether oxygens (including phenoxy) is 3. The maximum atomic E-state index is 12.9. The lowest BCUT2D eigenvalue weighted by molar-refractivity contribution is -0.253. The fraction of sp³-hybridized carbons (Fsp3) is 0.533. The standard InChI is InChI=1S/C30H36F3N3O6/c31-30(32,33)29(39)36-11-1-2-25(36)27(38)34-17-20-3-9-23(10-4-20)28-41-24(18-35-12-14-40-15-13-35)16-26(42-28)22-7-5-21(19-37)6-8-22/h3-10,24-26,28,37H,1-2,11-19H2,(H,34,38). The molecule has 3 saturated heterocycles. The van der Waals surface area contributed by atoms with E-state index in [9.17, 15) is 27.9 Å². The van der Waals surface area contributed by atoms with Gasteiger partial charge in [-0.3, -0.25) is 14.5 Å². The lowest BCUT2D eigenvalue weighted by Gasteiger charge is -2.39. The molecule has 9 nitrogen and oxygen atoms in total. The van der Waals surface area contributed by atoms with Crippen LogP contribution in [0.25, 0.3) is 0 Å². The number of morpholine rings is 1. The second-order valence-corrected chi connectivity index (χ2v) is 10.9. The third kappa shape index (κ3) is 7.48. The van der Waals surface area contributed by atoms with Crippen LogP contribution in [0.5, 0.6) is 0 Å². The summed E-state index contributed by atoms with van der Waals surface area (Å²) in [5.74, 6) is -2.58. The van der Waals surface area contributed by atoms with Crippen molar-refractivity contribution in [3.8, 4) is 0 Å². The highest BCUT2D eigenvalue weighted by molar-refractivity contribution is 5.90. The number of benzene rings is 2. The van der Waals surface area contributed by atoms with E-state index in [1.807, 2.05) is 48.5 Å². The van der Waals surface area contributed by atoms with Gasteiger partial charge >= 0.3 is 12.1 Å². The Hall–Kier alpha value is -3.03. The fourth-order valence-corrected chi connectivity index (χ4v) is 5.65. The van der Waals surface area contributed by atoms with E-state index in [0.29, 0.717) is 31.0 Å².